The molecule has 0 saturated carbocycles. The quantitative estimate of drug-likeness (QED) is 0.878. The fraction of sp³-hybridized carbons (Fsp3) is 0.368. The average Bonchev–Trinajstić information content (AvgIpc) is 2.44. The van der Waals surface area contributed by atoms with Gasteiger partial charge in [-0.15, -0.1) is 0 Å². The van der Waals surface area contributed by atoms with E-state index >= 15 is 0 Å². The first-order chi connectivity index (χ1) is 10.1. The van der Waals surface area contributed by atoms with E-state index in [1.54, 1.807) is 7.11 Å². The van der Waals surface area contributed by atoms with Crippen LogP contribution in [0.4, 0.5) is 0 Å². The summed E-state index contributed by atoms with van der Waals surface area (Å²) in [5.74, 6) is 0.911. The molecule has 0 aliphatic heterocycles. The maximum Gasteiger partial charge on any atom is 0.119 e. The number of nitrogens with one attached hydrogen (secondary N) is 1. The average molecular weight is 283 g/mol. The van der Waals surface area contributed by atoms with E-state index in [2.05, 4.69) is 57.3 Å². The van der Waals surface area contributed by atoms with E-state index in [0.29, 0.717) is 0 Å². The molecule has 2 aromatic rings. The largest absolute Gasteiger partial charge is 0.497 e. The molecule has 1 N–H and O–H groups in total. The van der Waals surface area contributed by atoms with Crippen molar-refractivity contribution in [2.24, 2.45) is 0 Å². The highest BCUT2D eigenvalue weighted by Crippen LogP contribution is 2.33. The van der Waals surface area contributed by atoms with E-state index in [-0.39, 0.29) is 0 Å². The Morgan fingerprint density at radius 2 is 1.67 bits per heavy atom. The first-order valence-electron chi connectivity index (χ1n) is 7.52. The molecule has 0 aliphatic carbocycles. The summed E-state index contributed by atoms with van der Waals surface area (Å²) in [4.78, 5) is 0. The van der Waals surface area contributed by atoms with Crippen molar-refractivity contribution in [1.29, 1.82) is 0 Å². The van der Waals surface area contributed by atoms with Crippen molar-refractivity contribution in [3.8, 4) is 16.9 Å². The second-order valence-corrected chi connectivity index (χ2v) is 5.58. The van der Waals surface area contributed by atoms with Gasteiger partial charge in [-0.05, 0) is 67.3 Å². The Labute approximate surface area is 128 Å². The smallest absolute Gasteiger partial charge is 0.119 e. The lowest BCUT2D eigenvalue weighted by atomic mass is 9.90. The number of rotatable bonds is 5. The lowest BCUT2D eigenvalue weighted by Crippen LogP contribution is -2.13. The molecule has 0 atom stereocenters. The van der Waals surface area contributed by atoms with Crippen LogP contribution >= 0.6 is 0 Å². The molecular formula is C19H25NO. The van der Waals surface area contributed by atoms with Crippen LogP contribution in [-0.4, -0.2) is 13.7 Å². The molecule has 2 rings (SSSR count). The molecule has 21 heavy (non-hydrogen) atoms. The van der Waals surface area contributed by atoms with Crippen LogP contribution in [0.1, 0.15) is 29.2 Å². The van der Waals surface area contributed by atoms with Crippen LogP contribution in [-0.2, 0) is 6.54 Å². The third kappa shape index (κ3) is 3.45. The molecule has 0 spiro atoms. The number of hydrogen-bond acceptors (Lipinski definition) is 2. The highest BCUT2D eigenvalue weighted by Gasteiger charge is 2.12. The SMILES string of the molecule is CCNCc1cc(OC)ccc1-c1c(C)cc(C)cc1C. The topological polar surface area (TPSA) is 21.3 Å². The summed E-state index contributed by atoms with van der Waals surface area (Å²) in [5.41, 5.74) is 7.90. The Balaban J connectivity index is 2.57. The van der Waals surface area contributed by atoms with Crippen LogP contribution in [0.2, 0.25) is 0 Å². The number of aryl methyl sites for hydroxylation is 3. The highest BCUT2D eigenvalue weighted by molar-refractivity contribution is 5.75. The van der Waals surface area contributed by atoms with Crippen LogP contribution in [0, 0.1) is 20.8 Å². The summed E-state index contributed by atoms with van der Waals surface area (Å²) in [5, 5.41) is 3.42. The summed E-state index contributed by atoms with van der Waals surface area (Å²) in [6.07, 6.45) is 0. The van der Waals surface area contributed by atoms with Crippen LogP contribution in [0.3, 0.4) is 0 Å². The van der Waals surface area contributed by atoms with Crippen molar-refractivity contribution in [1.82, 2.24) is 5.32 Å². The second-order valence-electron chi connectivity index (χ2n) is 5.58. The summed E-state index contributed by atoms with van der Waals surface area (Å²) >= 11 is 0. The summed E-state index contributed by atoms with van der Waals surface area (Å²) in [6, 6.07) is 10.9. The molecular weight excluding hydrogens is 258 g/mol. The van der Waals surface area contributed by atoms with E-state index < -0.39 is 0 Å². The van der Waals surface area contributed by atoms with Gasteiger partial charge in [-0.1, -0.05) is 30.7 Å². The van der Waals surface area contributed by atoms with E-state index in [9.17, 15) is 0 Å². The van der Waals surface area contributed by atoms with Gasteiger partial charge in [-0.2, -0.15) is 0 Å². The normalized spacial score (nSPS) is 10.7. The molecule has 0 bridgehead atoms. The molecule has 0 heterocycles. The highest BCUT2D eigenvalue weighted by atomic mass is 16.5. The lowest BCUT2D eigenvalue weighted by molar-refractivity contribution is 0.414. The van der Waals surface area contributed by atoms with Crippen molar-refractivity contribution >= 4 is 0 Å². The van der Waals surface area contributed by atoms with Gasteiger partial charge in [0.05, 0.1) is 7.11 Å². The zero-order valence-electron chi connectivity index (χ0n) is 13.7. The standard InChI is InChI=1S/C19H25NO/c1-6-20-12-16-11-17(21-5)7-8-18(16)19-14(3)9-13(2)10-15(19)4/h7-11,20H,6,12H2,1-5H3. The Morgan fingerprint density at radius 1 is 1.00 bits per heavy atom. The fourth-order valence-electron chi connectivity index (χ4n) is 2.95. The predicted molar refractivity (Wildman–Crippen MR) is 90.0 cm³/mol. The number of hydrogen-bond donors (Lipinski definition) is 1. The van der Waals surface area contributed by atoms with Gasteiger partial charge in [0.25, 0.3) is 0 Å². The Hall–Kier alpha value is -1.80. The Bertz CT molecular complexity index is 608. The maximum atomic E-state index is 5.38. The fourth-order valence-corrected chi connectivity index (χ4v) is 2.95. The Morgan fingerprint density at radius 3 is 2.24 bits per heavy atom. The third-order valence-corrected chi connectivity index (χ3v) is 3.82. The van der Waals surface area contributed by atoms with Crippen molar-refractivity contribution in [3.05, 3.63) is 52.6 Å². The number of ether oxygens (including phenoxy) is 1. The number of benzene rings is 2. The van der Waals surface area contributed by atoms with Gasteiger partial charge < -0.3 is 10.1 Å². The molecule has 2 aromatic carbocycles. The minimum absolute atomic E-state index is 0.857. The van der Waals surface area contributed by atoms with Gasteiger partial charge in [0.2, 0.25) is 0 Å². The van der Waals surface area contributed by atoms with Gasteiger partial charge in [-0.3, -0.25) is 0 Å². The van der Waals surface area contributed by atoms with Gasteiger partial charge in [0.1, 0.15) is 5.75 Å². The molecule has 112 valence electrons. The van der Waals surface area contributed by atoms with E-state index in [0.717, 1.165) is 18.8 Å². The van der Waals surface area contributed by atoms with Crippen LogP contribution in [0.25, 0.3) is 11.1 Å². The number of methoxy groups -OCH3 is 1. The van der Waals surface area contributed by atoms with Gasteiger partial charge in [-0.25, -0.2) is 0 Å². The zero-order chi connectivity index (χ0) is 15.4. The first-order valence-corrected chi connectivity index (χ1v) is 7.52. The minimum Gasteiger partial charge on any atom is -0.497 e. The molecule has 0 radical (unpaired) electrons. The zero-order valence-corrected chi connectivity index (χ0v) is 13.7. The van der Waals surface area contributed by atoms with Crippen molar-refractivity contribution in [2.45, 2.75) is 34.2 Å². The van der Waals surface area contributed by atoms with Crippen molar-refractivity contribution in [2.75, 3.05) is 13.7 Å². The van der Waals surface area contributed by atoms with Crippen molar-refractivity contribution < 1.29 is 4.74 Å². The Kier molecular flexibility index (Phi) is 5.03. The summed E-state index contributed by atoms with van der Waals surface area (Å²) in [6.45, 7) is 10.5. The molecule has 2 nitrogen and oxygen atoms in total. The van der Waals surface area contributed by atoms with Gasteiger partial charge in [0, 0.05) is 6.54 Å². The lowest BCUT2D eigenvalue weighted by Gasteiger charge is -2.17. The maximum absolute atomic E-state index is 5.38. The molecule has 0 saturated heterocycles. The van der Waals surface area contributed by atoms with Crippen molar-refractivity contribution in [3.63, 3.8) is 0 Å². The third-order valence-electron chi connectivity index (χ3n) is 3.82. The van der Waals surface area contributed by atoms with E-state index in [4.69, 9.17) is 4.74 Å². The van der Waals surface area contributed by atoms with Gasteiger partial charge >= 0.3 is 0 Å². The second kappa shape index (κ2) is 6.77. The predicted octanol–water partition coefficient (Wildman–Crippen LogP) is 4.40. The molecule has 0 amide bonds. The minimum atomic E-state index is 0.857. The monoisotopic (exact) mass is 283 g/mol. The van der Waals surface area contributed by atoms with Crippen LogP contribution in [0.5, 0.6) is 5.75 Å². The van der Waals surface area contributed by atoms with Gasteiger partial charge in [0.15, 0.2) is 0 Å². The molecule has 0 unspecified atom stereocenters. The molecule has 0 aliphatic rings. The molecule has 0 aromatic heterocycles. The van der Waals surface area contributed by atoms with E-state index in [1.807, 2.05) is 6.07 Å². The van der Waals surface area contributed by atoms with Crippen LogP contribution in [0.15, 0.2) is 30.3 Å². The van der Waals surface area contributed by atoms with Crippen LogP contribution < -0.4 is 10.1 Å². The molecule has 0 fully saturated rings. The molecule has 2 heteroatoms. The first kappa shape index (κ1) is 15.6. The summed E-state index contributed by atoms with van der Waals surface area (Å²) in [7, 11) is 1.72. The summed E-state index contributed by atoms with van der Waals surface area (Å²) < 4.78 is 5.38. The van der Waals surface area contributed by atoms with E-state index in [1.165, 1.54) is 33.4 Å².